The van der Waals surface area contributed by atoms with E-state index < -0.39 is 12.4 Å². The van der Waals surface area contributed by atoms with E-state index in [4.69, 9.17) is 14.2 Å². The molecule has 2 aliphatic heterocycles. The summed E-state index contributed by atoms with van der Waals surface area (Å²) in [5, 5.41) is 9.90. The second-order valence-electron chi connectivity index (χ2n) is 4.56. The fourth-order valence-corrected chi connectivity index (χ4v) is 2.20. The summed E-state index contributed by atoms with van der Waals surface area (Å²) in [5.41, 5.74) is 1.06. The maximum atomic E-state index is 9.90. The number of aliphatic hydroxyl groups excluding tert-OH is 1. The highest BCUT2D eigenvalue weighted by molar-refractivity contribution is 5.13. The fourth-order valence-electron chi connectivity index (χ4n) is 2.20. The topological polar surface area (TPSA) is 51.2 Å². The average molecular weight is 236 g/mol. The Morgan fingerprint density at radius 2 is 1.94 bits per heavy atom. The van der Waals surface area contributed by atoms with E-state index in [0.29, 0.717) is 6.61 Å². The Morgan fingerprint density at radius 1 is 1.18 bits per heavy atom. The number of hydrogen-bond acceptors (Lipinski definition) is 4. The molecule has 2 fully saturated rings. The quantitative estimate of drug-likeness (QED) is 0.798. The molecule has 0 spiro atoms. The predicted octanol–water partition coefficient (Wildman–Crippen LogP) is 1.08. The SMILES string of the molecule is C[C@H]1O[C@H](OCc2ccccc2)[C@@H](O)[C@H]2O[C@H]21. The molecular weight excluding hydrogens is 220 g/mol. The smallest absolute Gasteiger partial charge is 0.186 e. The third kappa shape index (κ3) is 2.21. The van der Waals surface area contributed by atoms with Crippen LogP contribution in [0.3, 0.4) is 0 Å². The molecule has 4 nitrogen and oxygen atoms in total. The molecule has 2 heterocycles. The van der Waals surface area contributed by atoms with Crippen molar-refractivity contribution in [2.24, 2.45) is 0 Å². The van der Waals surface area contributed by atoms with Crippen molar-refractivity contribution >= 4 is 0 Å². The van der Waals surface area contributed by atoms with E-state index in [1.54, 1.807) is 0 Å². The van der Waals surface area contributed by atoms with Crippen LogP contribution in [-0.4, -0.2) is 35.8 Å². The van der Waals surface area contributed by atoms with Gasteiger partial charge in [0.25, 0.3) is 0 Å². The lowest BCUT2D eigenvalue weighted by Gasteiger charge is -2.29. The molecule has 2 aliphatic rings. The zero-order chi connectivity index (χ0) is 11.8. The van der Waals surface area contributed by atoms with Crippen molar-refractivity contribution in [3.63, 3.8) is 0 Å². The number of benzene rings is 1. The van der Waals surface area contributed by atoms with Crippen LogP contribution in [0.4, 0.5) is 0 Å². The summed E-state index contributed by atoms with van der Waals surface area (Å²) >= 11 is 0. The van der Waals surface area contributed by atoms with Gasteiger partial charge >= 0.3 is 0 Å². The molecule has 3 rings (SSSR count). The van der Waals surface area contributed by atoms with Crippen LogP contribution in [0.1, 0.15) is 12.5 Å². The predicted molar refractivity (Wildman–Crippen MR) is 60.2 cm³/mol. The van der Waals surface area contributed by atoms with Gasteiger partial charge in [-0.1, -0.05) is 30.3 Å². The van der Waals surface area contributed by atoms with E-state index in [1.165, 1.54) is 0 Å². The molecule has 0 aliphatic carbocycles. The lowest BCUT2D eigenvalue weighted by Crippen LogP contribution is -2.45. The molecule has 0 bridgehead atoms. The Hall–Kier alpha value is -0.940. The van der Waals surface area contributed by atoms with Gasteiger partial charge in [0.1, 0.15) is 18.3 Å². The average Bonchev–Trinajstić information content (AvgIpc) is 3.14. The normalized spacial score (nSPS) is 39.8. The van der Waals surface area contributed by atoms with Gasteiger partial charge in [0, 0.05) is 0 Å². The molecule has 17 heavy (non-hydrogen) atoms. The number of epoxide rings is 1. The van der Waals surface area contributed by atoms with Crippen LogP contribution in [0.25, 0.3) is 0 Å². The van der Waals surface area contributed by atoms with Crippen molar-refractivity contribution in [2.45, 2.75) is 44.2 Å². The first-order chi connectivity index (χ1) is 8.25. The van der Waals surface area contributed by atoms with Gasteiger partial charge in [-0.15, -0.1) is 0 Å². The Bertz CT molecular complexity index is 380. The Labute approximate surface area is 100 Å². The van der Waals surface area contributed by atoms with Crippen LogP contribution in [-0.2, 0) is 20.8 Å². The van der Waals surface area contributed by atoms with Gasteiger partial charge in [-0.05, 0) is 12.5 Å². The Morgan fingerprint density at radius 3 is 2.71 bits per heavy atom. The lowest BCUT2D eigenvalue weighted by atomic mass is 10.1. The van der Waals surface area contributed by atoms with Crippen molar-refractivity contribution in [1.29, 1.82) is 0 Å². The van der Waals surface area contributed by atoms with Gasteiger partial charge in [-0.3, -0.25) is 0 Å². The van der Waals surface area contributed by atoms with Crippen LogP contribution in [0.5, 0.6) is 0 Å². The maximum absolute atomic E-state index is 9.90. The van der Waals surface area contributed by atoms with Crippen LogP contribution in [0.15, 0.2) is 30.3 Å². The van der Waals surface area contributed by atoms with Crippen LogP contribution < -0.4 is 0 Å². The molecule has 0 amide bonds. The molecule has 0 unspecified atom stereocenters. The van der Waals surface area contributed by atoms with Gasteiger partial charge in [-0.2, -0.15) is 0 Å². The van der Waals surface area contributed by atoms with Crippen molar-refractivity contribution in [3.8, 4) is 0 Å². The second kappa shape index (κ2) is 4.38. The lowest BCUT2D eigenvalue weighted by molar-refractivity contribution is -0.231. The summed E-state index contributed by atoms with van der Waals surface area (Å²) < 4.78 is 16.5. The van der Waals surface area contributed by atoms with Crippen molar-refractivity contribution in [2.75, 3.05) is 0 Å². The van der Waals surface area contributed by atoms with E-state index >= 15 is 0 Å². The molecule has 0 aromatic heterocycles. The molecule has 92 valence electrons. The first-order valence-electron chi connectivity index (χ1n) is 5.90. The van der Waals surface area contributed by atoms with E-state index in [0.717, 1.165) is 5.56 Å². The molecule has 4 heteroatoms. The largest absolute Gasteiger partial charge is 0.385 e. The minimum absolute atomic E-state index is 0.0100. The van der Waals surface area contributed by atoms with E-state index in [1.807, 2.05) is 37.3 Å². The molecule has 0 radical (unpaired) electrons. The minimum Gasteiger partial charge on any atom is -0.385 e. The van der Waals surface area contributed by atoms with Crippen molar-refractivity contribution in [1.82, 2.24) is 0 Å². The van der Waals surface area contributed by atoms with Crippen molar-refractivity contribution < 1.29 is 19.3 Å². The van der Waals surface area contributed by atoms with Crippen LogP contribution in [0.2, 0.25) is 0 Å². The molecule has 5 atom stereocenters. The Kier molecular flexibility index (Phi) is 2.88. The highest BCUT2D eigenvalue weighted by Crippen LogP contribution is 2.37. The summed E-state index contributed by atoms with van der Waals surface area (Å²) in [6, 6.07) is 9.84. The van der Waals surface area contributed by atoms with Gasteiger partial charge in [0.05, 0.1) is 12.7 Å². The summed E-state index contributed by atoms with van der Waals surface area (Å²) in [7, 11) is 0. The summed E-state index contributed by atoms with van der Waals surface area (Å²) in [6.45, 7) is 2.38. The maximum Gasteiger partial charge on any atom is 0.186 e. The molecular formula is C13H16O4. The molecule has 2 saturated heterocycles. The van der Waals surface area contributed by atoms with Gasteiger partial charge < -0.3 is 19.3 Å². The van der Waals surface area contributed by atoms with Crippen molar-refractivity contribution in [3.05, 3.63) is 35.9 Å². The Balaban J connectivity index is 1.58. The standard InChI is InChI=1S/C13H16O4/c1-8-11-12(17-11)10(14)13(16-8)15-7-9-5-3-2-4-6-9/h2-6,8,10-14H,7H2,1H3/t8-,10+,11+,12-,13+/m1/s1. The highest BCUT2D eigenvalue weighted by Gasteiger charge is 2.56. The van der Waals surface area contributed by atoms with Gasteiger partial charge in [-0.25, -0.2) is 0 Å². The van der Waals surface area contributed by atoms with Crippen LogP contribution in [0, 0.1) is 0 Å². The monoisotopic (exact) mass is 236 g/mol. The summed E-state index contributed by atoms with van der Waals surface area (Å²) in [4.78, 5) is 0. The number of ether oxygens (including phenoxy) is 3. The van der Waals surface area contributed by atoms with Crippen LogP contribution >= 0.6 is 0 Å². The summed E-state index contributed by atoms with van der Waals surface area (Å²) in [5.74, 6) is 0. The third-order valence-electron chi connectivity index (χ3n) is 3.25. The molecule has 0 saturated carbocycles. The number of hydrogen-bond donors (Lipinski definition) is 1. The minimum atomic E-state index is -0.681. The van der Waals surface area contributed by atoms with Gasteiger partial charge in [0.2, 0.25) is 0 Å². The second-order valence-corrected chi connectivity index (χ2v) is 4.56. The number of aliphatic hydroxyl groups is 1. The zero-order valence-corrected chi connectivity index (χ0v) is 9.65. The highest BCUT2D eigenvalue weighted by atomic mass is 16.7. The number of rotatable bonds is 3. The molecule has 1 N–H and O–H groups in total. The van der Waals surface area contributed by atoms with E-state index in [-0.39, 0.29) is 18.3 Å². The first kappa shape index (κ1) is 11.2. The molecule has 1 aromatic carbocycles. The zero-order valence-electron chi connectivity index (χ0n) is 9.65. The third-order valence-corrected chi connectivity index (χ3v) is 3.25. The van der Waals surface area contributed by atoms with Gasteiger partial charge in [0.15, 0.2) is 6.29 Å². The van der Waals surface area contributed by atoms with E-state index in [2.05, 4.69) is 0 Å². The number of fused-ring (bicyclic) bond motifs is 1. The first-order valence-corrected chi connectivity index (χ1v) is 5.90. The van der Waals surface area contributed by atoms with E-state index in [9.17, 15) is 5.11 Å². The summed E-state index contributed by atoms with van der Waals surface area (Å²) in [6.07, 6.45) is -1.35. The fraction of sp³-hybridized carbons (Fsp3) is 0.538. The molecule has 1 aromatic rings.